The minimum Gasteiger partial charge on any atom is -0.495 e. The first-order chi connectivity index (χ1) is 11.6. The van der Waals surface area contributed by atoms with E-state index in [1.165, 1.54) is 0 Å². The first-order valence-electron chi connectivity index (χ1n) is 7.92. The molecule has 1 heterocycles. The predicted octanol–water partition coefficient (Wildman–Crippen LogP) is 1.70. The van der Waals surface area contributed by atoms with Gasteiger partial charge in [-0.3, -0.25) is 4.79 Å². The van der Waals surface area contributed by atoms with Gasteiger partial charge in [-0.25, -0.2) is 0 Å². The van der Waals surface area contributed by atoms with Crippen LogP contribution in [0.15, 0.2) is 42.5 Å². The van der Waals surface area contributed by atoms with Crippen molar-refractivity contribution in [1.82, 2.24) is 0 Å². The van der Waals surface area contributed by atoms with Crippen LogP contribution in [0.25, 0.3) is 0 Å². The molecule has 0 unspecified atom stereocenters. The molecule has 0 bridgehead atoms. The van der Waals surface area contributed by atoms with E-state index in [2.05, 4.69) is 15.9 Å². The second-order valence-electron chi connectivity index (χ2n) is 5.79. The number of hydrogen-bond acceptors (Lipinski definition) is 5. The van der Waals surface area contributed by atoms with Crippen molar-refractivity contribution in [3.63, 3.8) is 0 Å². The van der Waals surface area contributed by atoms with E-state index in [0.29, 0.717) is 11.3 Å². The molecule has 24 heavy (non-hydrogen) atoms. The van der Waals surface area contributed by atoms with Gasteiger partial charge >= 0.3 is 0 Å². The van der Waals surface area contributed by atoms with Crippen molar-refractivity contribution in [1.29, 1.82) is 0 Å². The van der Waals surface area contributed by atoms with Crippen LogP contribution >= 0.6 is 0 Å². The maximum absolute atomic E-state index is 11.7. The minimum atomic E-state index is -0.454. The molecule has 0 radical (unpaired) electrons. The summed E-state index contributed by atoms with van der Waals surface area (Å²) in [6, 6.07) is 13.3. The minimum absolute atomic E-state index is 0.454. The molecule has 3 rings (SSSR count). The van der Waals surface area contributed by atoms with E-state index < -0.39 is 5.91 Å². The Morgan fingerprint density at radius 3 is 2.25 bits per heavy atom. The molecule has 1 aliphatic heterocycles. The molecular formula is C18H22N4O2. The Labute approximate surface area is 141 Å². The number of benzene rings is 2. The highest BCUT2D eigenvalue weighted by Crippen LogP contribution is 2.30. The number of hydrogen-bond donors (Lipinski definition) is 2. The molecule has 1 fully saturated rings. The zero-order valence-corrected chi connectivity index (χ0v) is 13.7. The summed E-state index contributed by atoms with van der Waals surface area (Å²) in [4.78, 5) is 16.2. The number of carbonyl (C=O) groups is 1. The molecule has 0 saturated carbocycles. The summed E-state index contributed by atoms with van der Waals surface area (Å²) < 4.78 is 5.44. The highest BCUT2D eigenvalue weighted by atomic mass is 16.5. The van der Waals surface area contributed by atoms with Crippen LogP contribution in [-0.4, -0.2) is 39.2 Å². The molecule has 6 heteroatoms. The Balaban J connectivity index is 1.77. The maximum atomic E-state index is 11.7. The number of amides is 1. The van der Waals surface area contributed by atoms with Crippen LogP contribution in [0.4, 0.5) is 17.1 Å². The van der Waals surface area contributed by atoms with Gasteiger partial charge in [0, 0.05) is 37.6 Å². The van der Waals surface area contributed by atoms with E-state index in [1.807, 2.05) is 24.3 Å². The Morgan fingerprint density at radius 1 is 1.00 bits per heavy atom. The van der Waals surface area contributed by atoms with Crippen LogP contribution in [0.2, 0.25) is 0 Å². The second kappa shape index (κ2) is 6.70. The number of nitrogens with two attached hydrogens (primary N) is 2. The molecular weight excluding hydrogens is 304 g/mol. The van der Waals surface area contributed by atoms with E-state index in [-0.39, 0.29) is 0 Å². The molecule has 1 saturated heterocycles. The van der Waals surface area contributed by atoms with E-state index >= 15 is 0 Å². The molecule has 2 aromatic carbocycles. The van der Waals surface area contributed by atoms with Crippen molar-refractivity contribution >= 4 is 23.0 Å². The quantitative estimate of drug-likeness (QED) is 0.836. The highest BCUT2D eigenvalue weighted by Gasteiger charge is 2.22. The average Bonchev–Trinajstić information content (AvgIpc) is 2.62. The summed E-state index contributed by atoms with van der Waals surface area (Å²) in [7, 11) is 1.68. The molecule has 0 aromatic heterocycles. The van der Waals surface area contributed by atoms with Gasteiger partial charge in [0.1, 0.15) is 5.75 Å². The molecule has 0 spiro atoms. The lowest BCUT2D eigenvalue weighted by Gasteiger charge is -2.38. The first-order valence-corrected chi connectivity index (χ1v) is 7.92. The third-order valence-electron chi connectivity index (χ3n) is 4.33. The number of nitrogen functional groups attached to an aromatic ring is 1. The normalized spacial score (nSPS) is 14.5. The standard InChI is InChI=1S/C18H22N4O2/c1-24-17-5-3-2-4-16(17)22-10-8-21(9-11-22)15-7-6-13(19)12-14(15)18(20)23/h2-7,12H,8-11,19H2,1H3,(H2,20,23). The molecule has 4 N–H and O–H groups in total. The van der Waals surface area contributed by atoms with Gasteiger partial charge in [0.15, 0.2) is 0 Å². The lowest BCUT2D eigenvalue weighted by atomic mass is 10.1. The number of primary amides is 1. The molecule has 126 valence electrons. The summed E-state index contributed by atoms with van der Waals surface area (Å²) in [6.45, 7) is 3.26. The first kappa shape index (κ1) is 16.0. The third kappa shape index (κ3) is 3.08. The topological polar surface area (TPSA) is 84.8 Å². The summed E-state index contributed by atoms with van der Waals surface area (Å²) in [5, 5.41) is 0. The molecule has 0 atom stereocenters. The van der Waals surface area contributed by atoms with Gasteiger partial charge in [0.25, 0.3) is 5.91 Å². The monoisotopic (exact) mass is 326 g/mol. The fraction of sp³-hybridized carbons (Fsp3) is 0.278. The number of ether oxygens (including phenoxy) is 1. The molecule has 2 aromatic rings. The van der Waals surface area contributed by atoms with Crippen molar-refractivity contribution in [2.75, 3.05) is 48.8 Å². The number of rotatable bonds is 4. The fourth-order valence-corrected chi connectivity index (χ4v) is 3.11. The number of methoxy groups -OCH3 is 1. The summed E-state index contributed by atoms with van der Waals surface area (Å²) in [5.74, 6) is 0.417. The lowest BCUT2D eigenvalue weighted by Crippen LogP contribution is -2.47. The number of anilines is 3. The smallest absolute Gasteiger partial charge is 0.250 e. The average molecular weight is 326 g/mol. The zero-order valence-electron chi connectivity index (χ0n) is 13.7. The van der Waals surface area contributed by atoms with Crippen LogP contribution < -0.4 is 26.0 Å². The van der Waals surface area contributed by atoms with Crippen LogP contribution in [-0.2, 0) is 0 Å². The largest absolute Gasteiger partial charge is 0.495 e. The second-order valence-corrected chi connectivity index (χ2v) is 5.79. The van der Waals surface area contributed by atoms with E-state index in [4.69, 9.17) is 16.2 Å². The Bertz CT molecular complexity index is 740. The highest BCUT2D eigenvalue weighted by molar-refractivity contribution is 5.99. The van der Waals surface area contributed by atoms with E-state index in [9.17, 15) is 4.79 Å². The van der Waals surface area contributed by atoms with E-state index in [0.717, 1.165) is 43.3 Å². The fourth-order valence-electron chi connectivity index (χ4n) is 3.11. The Hall–Kier alpha value is -2.89. The van der Waals surface area contributed by atoms with Gasteiger partial charge in [-0.1, -0.05) is 12.1 Å². The van der Waals surface area contributed by atoms with E-state index in [1.54, 1.807) is 19.2 Å². The van der Waals surface area contributed by atoms with Crippen molar-refractivity contribution < 1.29 is 9.53 Å². The van der Waals surface area contributed by atoms with Crippen LogP contribution in [0.3, 0.4) is 0 Å². The SMILES string of the molecule is COc1ccccc1N1CCN(c2ccc(N)cc2C(N)=O)CC1. The number of nitrogens with zero attached hydrogens (tertiary/aromatic N) is 2. The van der Waals surface area contributed by atoms with Gasteiger partial charge < -0.3 is 26.0 Å². The zero-order chi connectivity index (χ0) is 17.1. The van der Waals surface area contributed by atoms with Crippen molar-refractivity contribution in [3.05, 3.63) is 48.0 Å². The lowest BCUT2D eigenvalue weighted by molar-refractivity contribution is 0.100. The molecule has 6 nitrogen and oxygen atoms in total. The molecule has 1 aliphatic rings. The summed E-state index contributed by atoms with van der Waals surface area (Å²) >= 11 is 0. The van der Waals surface area contributed by atoms with Gasteiger partial charge in [0.2, 0.25) is 0 Å². The predicted molar refractivity (Wildman–Crippen MR) is 96.8 cm³/mol. The number of para-hydroxylation sites is 2. The summed E-state index contributed by atoms with van der Waals surface area (Å²) in [5.41, 5.74) is 14.2. The van der Waals surface area contributed by atoms with Gasteiger partial charge in [-0.2, -0.15) is 0 Å². The molecule has 1 amide bonds. The maximum Gasteiger partial charge on any atom is 0.250 e. The van der Waals surface area contributed by atoms with Crippen LogP contribution in [0.1, 0.15) is 10.4 Å². The van der Waals surface area contributed by atoms with Gasteiger partial charge in [0.05, 0.1) is 18.4 Å². The summed E-state index contributed by atoms with van der Waals surface area (Å²) in [6.07, 6.45) is 0. The van der Waals surface area contributed by atoms with Crippen molar-refractivity contribution in [2.24, 2.45) is 5.73 Å². The van der Waals surface area contributed by atoms with Crippen molar-refractivity contribution in [3.8, 4) is 5.75 Å². The molecule has 0 aliphatic carbocycles. The Morgan fingerprint density at radius 2 is 1.62 bits per heavy atom. The van der Waals surface area contributed by atoms with Gasteiger partial charge in [-0.15, -0.1) is 0 Å². The third-order valence-corrected chi connectivity index (χ3v) is 4.33. The Kier molecular flexibility index (Phi) is 4.46. The number of piperazine rings is 1. The van der Waals surface area contributed by atoms with Gasteiger partial charge in [-0.05, 0) is 30.3 Å². The van der Waals surface area contributed by atoms with Crippen molar-refractivity contribution in [2.45, 2.75) is 0 Å². The van der Waals surface area contributed by atoms with Crippen LogP contribution in [0, 0.1) is 0 Å². The van der Waals surface area contributed by atoms with Crippen LogP contribution in [0.5, 0.6) is 5.75 Å². The number of carbonyl (C=O) groups excluding carboxylic acids is 1.